The van der Waals surface area contributed by atoms with Gasteiger partial charge in [-0.05, 0) is 57.2 Å². The van der Waals surface area contributed by atoms with E-state index in [0.29, 0.717) is 26.3 Å². The number of unbranched alkanes of at least 4 members (excludes halogenated alkanes) is 2. The molecule has 0 unspecified atom stereocenters. The molecule has 0 saturated carbocycles. The summed E-state index contributed by atoms with van der Waals surface area (Å²) in [5.74, 6) is -0.543. The maximum Gasteiger partial charge on any atom is 0.332 e. The molecular weight excluding hydrogens is 552 g/mol. The second-order valence-electron chi connectivity index (χ2n) is 9.94. The zero-order valence-corrected chi connectivity index (χ0v) is 28.2. The zero-order valence-electron chi connectivity index (χ0n) is 28.2. The van der Waals surface area contributed by atoms with Crippen LogP contribution in [-0.2, 0) is 32.2 Å². The Balaban J connectivity index is 0. The number of hydrogen-bond donors (Lipinski definition) is 4. The van der Waals surface area contributed by atoms with Gasteiger partial charge in [0.2, 0.25) is 0 Å². The summed E-state index contributed by atoms with van der Waals surface area (Å²) in [6.07, 6.45) is 9.36. The van der Waals surface area contributed by atoms with Crippen LogP contribution in [-0.4, -0.2) is 38.2 Å². The number of carbonyl (C=O) groups excluding carboxylic acids is 2. The third-order valence-corrected chi connectivity index (χ3v) is 5.55. The summed E-state index contributed by atoms with van der Waals surface area (Å²) in [6.45, 7) is 16.0. The van der Waals surface area contributed by atoms with Gasteiger partial charge in [-0.25, -0.2) is 9.59 Å². The Kier molecular flexibility index (Phi) is 31.2. The molecule has 0 aliphatic rings. The summed E-state index contributed by atoms with van der Waals surface area (Å²) in [5.41, 5.74) is 14.5. The van der Waals surface area contributed by atoms with Crippen molar-refractivity contribution in [1.82, 2.24) is 10.6 Å². The number of benzene rings is 2. The van der Waals surface area contributed by atoms with Crippen LogP contribution in [0.25, 0.3) is 0 Å². The third-order valence-electron chi connectivity index (χ3n) is 5.55. The summed E-state index contributed by atoms with van der Waals surface area (Å²) in [4.78, 5) is 22.4. The van der Waals surface area contributed by atoms with E-state index in [4.69, 9.17) is 20.9 Å². The van der Waals surface area contributed by atoms with Crippen LogP contribution in [0.4, 0.5) is 0 Å². The van der Waals surface area contributed by atoms with E-state index in [-0.39, 0.29) is 11.9 Å². The van der Waals surface area contributed by atoms with Crippen LogP contribution >= 0.6 is 0 Å². The molecule has 0 fully saturated rings. The standard InChI is InChI=1S/C14H19NO2.C11H21NO2.C7H9N.C4H11N/c1-3-9-17-14(16)10-12(2)15-11-13-7-5-4-6-8-13;1-4-6-7-12-10(3)9-11(13)14-8-5-2;8-6-7-4-2-1-3-5-7;1-2-3-4-5/h4-8,10,15H,3,9,11H2,1-2H3;9,12H,4-8H2,1-3H3;1-5H,6,8H2;2-5H2,1H3/b12-10-;10-9-;;. The Bertz CT molecular complexity index is 994. The van der Waals surface area contributed by atoms with Gasteiger partial charge in [-0.1, -0.05) is 101 Å². The number of esters is 2. The first-order chi connectivity index (χ1) is 21.3. The molecule has 0 radical (unpaired) electrons. The molecular formula is C36H60N4O4. The van der Waals surface area contributed by atoms with Crippen LogP contribution in [0.2, 0.25) is 0 Å². The third kappa shape index (κ3) is 29.9. The molecule has 0 aromatic heterocycles. The van der Waals surface area contributed by atoms with Gasteiger partial charge in [0.1, 0.15) is 0 Å². The molecule has 0 spiro atoms. The van der Waals surface area contributed by atoms with Gasteiger partial charge in [-0.15, -0.1) is 0 Å². The Morgan fingerprint density at radius 1 is 0.659 bits per heavy atom. The van der Waals surface area contributed by atoms with Crippen LogP contribution in [0.5, 0.6) is 0 Å². The molecule has 2 rings (SSSR count). The SMILES string of the molecule is CCCCN.CCCCN/C(C)=C\C(=O)OCCC.CCCOC(=O)/C=C(/C)NCc1ccccc1.NCc1ccccc1. The maximum absolute atomic E-state index is 11.3. The average Bonchev–Trinajstić information content (AvgIpc) is 3.04. The highest BCUT2D eigenvalue weighted by molar-refractivity contribution is 5.82. The van der Waals surface area contributed by atoms with E-state index >= 15 is 0 Å². The number of carbonyl (C=O) groups is 2. The average molecular weight is 613 g/mol. The van der Waals surface area contributed by atoms with Crippen molar-refractivity contribution in [2.24, 2.45) is 11.5 Å². The molecule has 0 aliphatic carbocycles. The number of allylic oxidation sites excluding steroid dienone is 2. The first kappa shape index (κ1) is 42.5. The first-order valence-corrected chi connectivity index (χ1v) is 15.9. The molecule has 0 aliphatic heterocycles. The van der Waals surface area contributed by atoms with Crippen molar-refractivity contribution < 1.29 is 19.1 Å². The van der Waals surface area contributed by atoms with Crippen LogP contribution in [0.15, 0.2) is 84.2 Å². The fourth-order valence-corrected chi connectivity index (χ4v) is 3.06. The molecule has 0 bridgehead atoms. The number of nitrogens with one attached hydrogen (secondary N) is 2. The summed E-state index contributed by atoms with van der Waals surface area (Å²) in [7, 11) is 0. The second-order valence-corrected chi connectivity index (χ2v) is 9.94. The summed E-state index contributed by atoms with van der Waals surface area (Å²) in [5, 5.41) is 6.32. The lowest BCUT2D eigenvalue weighted by Crippen LogP contribution is -2.14. The van der Waals surface area contributed by atoms with Gasteiger partial charge >= 0.3 is 11.9 Å². The van der Waals surface area contributed by atoms with Gasteiger partial charge in [-0.3, -0.25) is 0 Å². The quantitative estimate of drug-likeness (QED) is 0.0930. The van der Waals surface area contributed by atoms with E-state index in [1.54, 1.807) is 0 Å². The van der Waals surface area contributed by atoms with E-state index in [9.17, 15) is 9.59 Å². The van der Waals surface area contributed by atoms with Gasteiger partial charge in [0.15, 0.2) is 0 Å². The lowest BCUT2D eigenvalue weighted by atomic mass is 10.2. The molecule has 0 atom stereocenters. The molecule has 0 amide bonds. The minimum atomic E-state index is -0.287. The van der Waals surface area contributed by atoms with Crippen molar-refractivity contribution in [1.29, 1.82) is 0 Å². The van der Waals surface area contributed by atoms with Crippen LogP contribution in [0.3, 0.4) is 0 Å². The predicted molar refractivity (Wildman–Crippen MR) is 185 cm³/mol. The topological polar surface area (TPSA) is 129 Å². The Hall–Kier alpha value is -3.62. The molecule has 2 aromatic carbocycles. The fraction of sp³-hybridized carbons (Fsp3) is 0.500. The summed E-state index contributed by atoms with van der Waals surface area (Å²) >= 11 is 0. The van der Waals surface area contributed by atoms with Gasteiger partial charge < -0.3 is 31.6 Å². The van der Waals surface area contributed by atoms with E-state index in [2.05, 4.69) is 24.5 Å². The molecule has 2 aromatic rings. The van der Waals surface area contributed by atoms with Gasteiger partial charge in [0, 0.05) is 43.2 Å². The normalized spacial score (nSPS) is 10.5. The minimum Gasteiger partial charge on any atom is -0.462 e. The fourth-order valence-electron chi connectivity index (χ4n) is 3.06. The highest BCUT2D eigenvalue weighted by atomic mass is 16.5. The number of ether oxygens (including phenoxy) is 2. The van der Waals surface area contributed by atoms with Gasteiger partial charge in [0.05, 0.1) is 13.2 Å². The van der Waals surface area contributed by atoms with Gasteiger partial charge in [-0.2, -0.15) is 0 Å². The van der Waals surface area contributed by atoms with E-state index in [1.165, 1.54) is 36.1 Å². The highest BCUT2D eigenvalue weighted by Crippen LogP contribution is 2.00. The molecule has 8 nitrogen and oxygen atoms in total. The lowest BCUT2D eigenvalue weighted by molar-refractivity contribution is -0.138. The van der Waals surface area contributed by atoms with E-state index in [0.717, 1.165) is 50.2 Å². The Morgan fingerprint density at radius 2 is 1.11 bits per heavy atom. The van der Waals surface area contributed by atoms with Crippen molar-refractivity contribution in [3.05, 3.63) is 95.3 Å². The largest absolute Gasteiger partial charge is 0.462 e. The second kappa shape index (κ2) is 32.3. The Morgan fingerprint density at radius 3 is 1.48 bits per heavy atom. The summed E-state index contributed by atoms with van der Waals surface area (Å²) < 4.78 is 9.87. The lowest BCUT2D eigenvalue weighted by Gasteiger charge is -2.06. The van der Waals surface area contributed by atoms with E-state index < -0.39 is 0 Å². The van der Waals surface area contributed by atoms with Crippen LogP contribution in [0, 0.1) is 0 Å². The van der Waals surface area contributed by atoms with Crippen molar-refractivity contribution in [2.75, 3.05) is 26.3 Å². The first-order valence-electron chi connectivity index (χ1n) is 15.9. The number of rotatable bonds is 16. The summed E-state index contributed by atoms with van der Waals surface area (Å²) in [6, 6.07) is 20.0. The monoisotopic (exact) mass is 612 g/mol. The predicted octanol–water partition coefficient (Wildman–Crippen LogP) is 6.76. The van der Waals surface area contributed by atoms with Crippen molar-refractivity contribution >= 4 is 11.9 Å². The van der Waals surface area contributed by atoms with Crippen LogP contribution in [0.1, 0.15) is 91.2 Å². The van der Waals surface area contributed by atoms with Gasteiger partial charge in [0.25, 0.3) is 0 Å². The number of nitrogens with two attached hydrogens (primary N) is 2. The molecule has 8 heteroatoms. The smallest absolute Gasteiger partial charge is 0.332 e. The van der Waals surface area contributed by atoms with Crippen molar-refractivity contribution in [3.8, 4) is 0 Å². The maximum atomic E-state index is 11.3. The van der Waals surface area contributed by atoms with Crippen molar-refractivity contribution in [2.45, 2.75) is 93.2 Å². The van der Waals surface area contributed by atoms with Crippen molar-refractivity contribution in [3.63, 3.8) is 0 Å². The molecule has 248 valence electrons. The zero-order chi connectivity index (χ0) is 33.3. The Labute approximate surface area is 267 Å². The molecule has 6 N–H and O–H groups in total. The molecule has 0 heterocycles. The number of hydrogen-bond acceptors (Lipinski definition) is 8. The molecule has 44 heavy (non-hydrogen) atoms. The van der Waals surface area contributed by atoms with Crippen LogP contribution < -0.4 is 22.1 Å². The van der Waals surface area contributed by atoms with E-state index in [1.807, 2.05) is 88.4 Å². The highest BCUT2D eigenvalue weighted by Gasteiger charge is 1.99. The minimum absolute atomic E-state index is 0.256. The molecule has 0 saturated heterocycles.